The van der Waals surface area contributed by atoms with Gasteiger partial charge in [0, 0.05) is 13.1 Å². The van der Waals surface area contributed by atoms with E-state index < -0.39 is 0 Å². The molecule has 0 spiro atoms. The van der Waals surface area contributed by atoms with Crippen LogP contribution >= 0.6 is 24.0 Å². The van der Waals surface area contributed by atoms with Crippen molar-refractivity contribution < 1.29 is 9.47 Å². The van der Waals surface area contributed by atoms with E-state index in [1.165, 1.54) is 25.9 Å². The van der Waals surface area contributed by atoms with Crippen LogP contribution < -0.4 is 20.1 Å². The molecule has 0 bridgehead atoms. The van der Waals surface area contributed by atoms with E-state index in [2.05, 4.69) is 34.5 Å². The molecule has 1 aromatic carbocycles. The quantitative estimate of drug-likeness (QED) is 0.334. The van der Waals surface area contributed by atoms with Crippen LogP contribution in [-0.4, -0.2) is 63.8 Å². The van der Waals surface area contributed by atoms with Gasteiger partial charge in [-0.05, 0) is 64.9 Å². The van der Waals surface area contributed by atoms with Gasteiger partial charge >= 0.3 is 0 Å². The van der Waals surface area contributed by atoms with Crippen molar-refractivity contribution in [3.05, 3.63) is 24.3 Å². The molecule has 7 heteroatoms. The Morgan fingerprint density at radius 2 is 1.89 bits per heavy atom. The van der Waals surface area contributed by atoms with E-state index in [1.807, 2.05) is 31.2 Å². The van der Waals surface area contributed by atoms with Crippen molar-refractivity contribution in [2.24, 2.45) is 10.9 Å². The number of aliphatic imine (C=N–C) groups is 1. The Balaban J connectivity index is 0.00000364. The van der Waals surface area contributed by atoms with E-state index in [9.17, 15) is 0 Å². The lowest BCUT2D eigenvalue weighted by Crippen LogP contribution is -2.42. The zero-order valence-electron chi connectivity index (χ0n) is 17.0. The highest BCUT2D eigenvalue weighted by molar-refractivity contribution is 14.0. The van der Waals surface area contributed by atoms with Crippen molar-refractivity contribution >= 4 is 29.9 Å². The SMILES string of the molecule is CCNC(=NCC(C)Oc1ccccc1OC)NCC1CCN(C)CC1.I. The highest BCUT2D eigenvalue weighted by atomic mass is 127. The zero-order chi connectivity index (χ0) is 18.8. The molecule has 0 aromatic heterocycles. The molecule has 2 rings (SSSR count). The lowest BCUT2D eigenvalue weighted by Gasteiger charge is -2.29. The van der Waals surface area contributed by atoms with Gasteiger partial charge in [-0.3, -0.25) is 0 Å². The summed E-state index contributed by atoms with van der Waals surface area (Å²) in [5, 5.41) is 6.81. The molecule has 1 heterocycles. The minimum absolute atomic E-state index is 0. The van der Waals surface area contributed by atoms with Gasteiger partial charge in [-0.1, -0.05) is 12.1 Å². The summed E-state index contributed by atoms with van der Waals surface area (Å²) >= 11 is 0. The highest BCUT2D eigenvalue weighted by Gasteiger charge is 2.16. The summed E-state index contributed by atoms with van der Waals surface area (Å²) in [7, 11) is 3.85. The number of ether oxygens (including phenoxy) is 2. The molecule has 1 fully saturated rings. The Morgan fingerprint density at radius 3 is 2.52 bits per heavy atom. The minimum Gasteiger partial charge on any atom is -0.493 e. The first-order valence-corrected chi connectivity index (χ1v) is 9.62. The van der Waals surface area contributed by atoms with Crippen LogP contribution in [0, 0.1) is 5.92 Å². The Bertz CT molecular complexity index is 563. The van der Waals surface area contributed by atoms with Crippen LogP contribution in [0.3, 0.4) is 0 Å². The predicted molar refractivity (Wildman–Crippen MR) is 123 cm³/mol. The van der Waals surface area contributed by atoms with Crippen molar-refractivity contribution in [3.63, 3.8) is 0 Å². The van der Waals surface area contributed by atoms with Crippen LogP contribution in [0.1, 0.15) is 26.7 Å². The average molecular weight is 490 g/mol. The van der Waals surface area contributed by atoms with Crippen LogP contribution in [0.4, 0.5) is 0 Å². The van der Waals surface area contributed by atoms with Gasteiger partial charge in [-0.2, -0.15) is 0 Å². The molecule has 154 valence electrons. The second-order valence-electron chi connectivity index (χ2n) is 6.93. The van der Waals surface area contributed by atoms with Gasteiger partial charge in [0.25, 0.3) is 0 Å². The molecule has 0 saturated carbocycles. The maximum absolute atomic E-state index is 5.98. The van der Waals surface area contributed by atoms with E-state index in [-0.39, 0.29) is 30.1 Å². The molecular weight excluding hydrogens is 455 g/mol. The standard InChI is InChI=1S/C20H34N4O2.HI/c1-5-21-20(23-15-17-10-12-24(3)13-11-17)22-14-16(2)26-19-9-7-6-8-18(19)25-4;/h6-9,16-17H,5,10-15H2,1-4H3,(H2,21,22,23);1H. The van der Waals surface area contributed by atoms with E-state index in [0.717, 1.165) is 36.5 Å². The number of para-hydroxylation sites is 2. The summed E-state index contributed by atoms with van der Waals surface area (Å²) < 4.78 is 11.3. The molecule has 1 unspecified atom stereocenters. The van der Waals surface area contributed by atoms with Crippen molar-refractivity contribution in [3.8, 4) is 11.5 Å². The Hall–Kier alpha value is -1.22. The molecule has 0 radical (unpaired) electrons. The molecule has 1 atom stereocenters. The first-order valence-electron chi connectivity index (χ1n) is 9.62. The van der Waals surface area contributed by atoms with Gasteiger partial charge in [-0.15, -0.1) is 24.0 Å². The molecule has 2 N–H and O–H groups in total. The maximum Gasteiger partial charge on any atom is 0.191 e. The van der Waals surface area contributed by atoms with E-state index in [4.69, 9.17) is 9.47 Å². The Kier molecular flexibility index (Phi) is 11.5. The third-order valence-corrected chi connectivity index (χ3v) is 4.64. The molecule has 0 aliphatic carbocycles. The number of halogens is 1. The molecule has 27 heavy (non-hydrogen) atoms. The zero-order valence-corrected chi connectivity index (χ0v) is 19.4. The number of benzene rings is 1. The van der Waals surface area contributed by atoms with Crippen molar-refractivity contribution in [2.45, 2.75) is 32.8 Å². The number of hydrogen-bond acceptors (Lipinski definition) is 4. The fourth-order valence-corrected chi connectivity index (χ4v) is 3.04. The lowest BCUT2D eigenvalue weighted by atomic mass is 9.97. The number of nitrogens with zero attached hydrogens (tertiary/aromatic N) is 2. The number of hydrogen-bond donors (Lipinski definition) is 2. The second-order valence-corrected chi connectivity index (χ2v) is 6.93. The van der Waals surface area contributed by atoms with Gasteiger partial charge in [0.05, 0.1) is 13.7 Å². The minimum atomic E-state index is -0.0370. The Morgan fingerprint density at radius 1 is 1.22 bits per heavy atom. The fraction of sp³-hybridized carbons (Fsp3) is 0.650. The van der Waals surface area contributed by atoms with Crippen LogP contribution in [0.25, 0.3) is 0 Å². The molecule has 6 nitrogen and oxygen atoms in total. The Labute approximate surface area is 181 Å². The van der Waals surface area contributed by atoms with Crippen LogP contribution in [-0.2, 0) is 0 Å². The molecular formula is C20H35IN4O2. The number of likely N-dealkylation sites (tertiary alicyclic amines) is 1. The van der Waals surface area contributed by atoms with Crippen LogP contribution in [0.15, 0.2) is 29.3 Å². The maximum atomic E-state index is 5.98. The van der Waals surface area contributed by atoms with E-state index in [1.54, 1.807) is 7.11 Å². The van der Waals surface area contributed by atoms with Crippen molar-refractivity contribution in [2.75, 3.05) is 46.9 Å². The van der Waals surface area contributed by atoms with Crippen LogP contribution in [0.5, 0.6) is 11.5 Å². The molecule has 1 aliphatic rings. The third kappa shape index (κ3) is 8.55. The topological polar surface area (TPSA) is 58.1 Å². The summed E-state index contributed by atoms with van der Waals surface area (Å²) in [6, 6.07) is 7.70. The average Bonchev–Trinajstić information content (AvgIpc) is 2.65. The third-order valence-electron chi connectivity index (χ3n) is 4.64. The van der Waals surface area contributed by atoms with E-state index in [0.29, 0.717) is 6.54 Å². The second kappa shape index (κ2) is 13.0. The number of methoxy groups -OCH3 is 1. The normalized spacial score (nSPS) is 17.0. The number of nitrogens with one attached hydrogen (secondary N) is 2. The van der Waals surface area contributed by atoms with Gasteiger partial charge in [0.15, 0.2) is 17.5 Å². The first kappa shape index (κ1) is 23.8. The summed E-state index contributed by atoms with van der Waals surface area (Å²) in [6.45, 7) is 8.88. The molecule has 1 aliphatic heterocycles. The number of rotatable bonds is 8. The fourth-order valence-electron chi connectivity index (χ4n) is 3.04. The van der Waals surface area contributed by atoms with Gasteiger partial charge in [0.2, 0.25) is 0 Å². The summed E-state index contributed by atoms with van der Waals surface area (Å²) in [5.41, 5.74) is 0. The summed E-state index contributed by atoms with van der Waals surface area (Å²) in [6.07, 6.45) is 2.46. The predicted octanol–water partition coefficient (Wildman–Crippen LogP) is 2.98. The van der Waals surface area contributed by atoms with Gasteiger partial charge < -0.3 is 25.0 Å². The number of guanidine groups is 1. The van der Waals surface area contributed by atoms with Crippen molar-refractivity contribution in [1.29, 1.82) is 0 Å². The highest BCUT2D eigenvalue weighted by Crippen LogP contribution is 2.26. The monoisotopic (exact) mass is 490 g/mol. The van der Waals surface area contributed by atoms with Gasteiger partial charge in [-0.25, -0.2) is 4.99 Å². The summed E-state index contributed by atoms with van der Waals surface area (Å²) in [5.74, 6) is 3.08. The largest absolute Gasteiger partial charge is 0.493 e. The molecule has 0 amide bonds. The van der Waals surface area contributed by atoms with Gasteiger partial charge in [0.1, 0.15) is 6.10 Å². The molecule has 1 aromatic rings. The molecule has 1 saturated heterocycles. The smallest absolute Gasteiger partial charge is 0.191 e. The lowest BCUT2D eigenvalue weighted by molar-refractivity contribution is 0.217. The van der Waals surface area contributed by atoms with E-state index >= 15 is 0 Å². The van der Waals surface area contributed by atoms with Crippen LogP contribution in [0.2, 0.25) is 0 Å². The summed E-state index contributed by atoms with van der Waals surface area (Å²) in [4.78, 5) is 7.08. The first-order chi connectivity index (χ1) is 12.6. The van der Waals surface area contributed by atoms with Crippen molar-refractivity contribution in [1.82, 2.24) is 15.5 Å². The number of piperidine rings is 1.